The SMILES string of the molecule is CCN(CC)S(=O)(=O)c1ccc(S(=O)(=O)CC(=O)NC2CCCCCCC2)nc1. The molecular formula is C19H31N3O5S2. The molecule has 0 spiro atoms. The molecular weight excluding hydrogens is 414 g/mol. The topological polar surface area (TPSA) is 114 Å². The third-order valence-electron chi connectivity index (χ3n) is 5.16. The van der Waals surface area contributed by atoms with Gasteiger partial charge in [0.05, 0.1) is 0 Å². The number of carbonyl (C=O) groups excluding carboxylic acids is 1. The molecule has 29 heavy (non-hydrogen) atoms. The maximum Gasteiger partial charge on any atom is 0.244 e. The zero-order valence-electron chi connectivity index (χ0n) is 17.1. The Balaban J connectivity index is 2.06. The van der Waals surface area contributed by atoms with Gasteiger partial charge in [0, 0.05) is 25.3 Å². The molecule has 0 atom stereocenters. The van der Waals surface area contributed by atoms with Crippen molar-refractivity contribution in [2.75, 3.05) is 18.8 Å². The highest BCUT2D eigenvalue weighted by atomic mass is 32.2. The Bertz CT molecular complexity index is 871. The smallest absolute Gasteiger partial charge is 0.244 e. The van der Waals surface area contributed by atoms with Gasteiger partial charge in [0.25, 0.3) is 0 Å². The van der Waals surface area contributed by atoms with Crippen molar-refractivity contribution in [1.29, 1.82) is 0 Å². The van der Waals surface area contributed by atoms with Crippen LogP contribution in [-0.2, 0) is 24.7 Å². The van der Waals surface area contributed by atoms with E-state index in [1.807, 2.05) is 0 Å². The summed E-state index contributed by atoms with van der Waals surface area (Å²) in [5.41, 5.74) is 0. The number of pyridine rings is 1. The predicted octanol–water partition coefficient (Wildman–Crippen LogP) is 2.11. The monoisotopic (exact) mass is 445 g/mol. The summed E-state index contributed by atoms with van der Waals surface area (Å²) in [6.07, 6.45) is 8.30. The standard InChI is InChI=1S/C19H31N3O5S2/c1-3-22(4-2)29(26,27)17-12-13-19(20-14-17)28(24,25)15-18(23)21-16-10-8-6-5-7-9-11-16/h12-14,16H,3-11,15H2,1-2H3,(H,21,23). The maximum atomic E-state index is 12.5. The Labute approximate surface area is 174 Å². The van der Waals surface area contributed by atoms with Gasteiger partial charge in [-0.3, -0.25) is 4.79 Å². The van der Waals surface area contributed by atoms with Crippen molar-refractivity contribution in [1.82, 2.24) is 14.6 Å². The first-order chi connectivity index (χ1) is 13.7. The van der Waals surface area contributed by atoms with E-state index in [2.05, 4.69) is 10.3 Å². The summed E-state index contributed by atoms with van der Waals surface area (Å²) in [6, 6.07) is 2.38. The summed E-state index contributed by atoms with van der Waals surface area (Å²) in [6.45, 7) is 4.06. The number of hydrogen-bond acceptors (Lipinski definition) is 6. The van der Waals surface area contributed by atoms with Gasteiger partial charge >= 0.3 is 0 Å². The number of sulfone groups is 1. The van der Waals surface area contributed by atoms with Gasteiger partial charge in [0.2, 0.25) is 25.8 Å². The quantitative estimate of drug-likeness (QED) is 0.656. The number of carbonyl (C=O) groups is 1. The van der Waals surface area contributed by atoms with Gasteiger partial charge < -0.3 is 5.32 Å². The molecule has 1 fully saturated rings. The van der Waals surface area contributed by atoms with Gasteiger partial charge in [-0.1, -0.05) is 46.0 Å². The number of hydrogen-bond donors (Lipinski definition) is 1. The lowest BCUT2D eigenvalue weighted by Gasteiger charge is -2.21. The Morgan fingerprint density at radius 1 is 1.03 bits per heavy atom. The molecule has 8 nitrogen and oxygen atoms in total. The molecule has 0 saturated heterocycles. The number of amides is 1. The zero-order valence-corrected chi connectivity index (χ0v) is 18.8. The van der Waals surface area contributed by atoms with E-state index in [9.17, 15) is 21.6 Å². The van der Waals surface area contributed by atoms with Gasteiger partial charge in [-0.15, -0.1) is 0 Å². The third-order valence-corrected chi connectivity index (χ3v) is 8.72. The fourth-order valence-electron chi connectivity index (χ4n) is 3.53. The minimum absolute atomic E-state index is 0.00699. The first-order valence-corrected chi connectivity index (χ1v) is 13.3. The van der Waals surface area contributed by atoms with Crippen LogP contribution in [0, 0.1) is 0 Å². The first kappa shape index (κ1) is 23.8. The van der Waals surface area contributed by atoms with Gasteiger partial charge in [-0.25, -0.2) is 21.8 Å². The Hall–Kier alpha value is -1.52. The van der Waals surface area contributed by atoms with Crippen molar-refractivity contribution in [2.24, 2.45) is 0 Å². The van der Waals surface area contributed by atoms with Crippen molar-refractivity contribution in [3.8, 4) is 0 Å². The third kappa shape index (κ3) is 6.48. The first-order valence-electron chi connectivity index (χ1n) is 10.2. The fourth-order valence-corrected chi connectivity index (χ4v) is 6.00. The van der Waals surface area contributed by atoms with Gasteiger partial charge in [-0.05, 0) is 25.0 Å². The van der Waals surface area contributed by atoms with Crippen LogP contribution in [0.4, 0.5) is 0 Å². The molecule has 1 heterocycles. The van der Waals surface area contributed by atoms with E-state index in [4.69, 9.17) is 0 Å². The fraction of sp³-hybridized carbons (Fsp3) is 0.684. The zero-order chi connectivity index (χ0) is 21.5. The lowest BCUT2D eigenvalue weighted by atomic mass is 9.97. The van der Waals surface area contributed by atoms with E-state index in [0.29, 0.717) is 13.1 Å². The molecule has 1 aromatic rings. The van der Waals surface area contributed by atoms with E-state index in [0.717, 1.165) is 50.8 Å². The van der Waals surface area contributed by atoms with Crippen molar-refractivity contribution in [3.63, 3.8) is 0 Å². The van der Waals surface area contributed by atoms with E-state index >= 15 is 0 Å². The van der Waals surface area contributed by atoms with Crippen LogP contribution in [-0.4, -0.2) is 56.9 Å². The second kappa shape index (κ2) is 10.5. The molecule has 0 unspecified atom stereocenters. The van der Waals surface area contributed by atoms with Crippen molar-refractivity contribution in [2.45, 2.75) is 74.8 Å². The average Bonchev–Trinajstić information content (AvgIpc) is 2.64. The minimum atomic E-state index is -3.95. The van der Waals surface area contributed by atoms with E-state index in [1.165, 1.54) is 16.8 Å². The molecule has 0 aromatic carbocycles. The molecule has 1 aliphatic rings. The Morgan fingerprint density at radius 3 is 2.14 bits per heavy atom. The molecule has 2 rings (SSSR count). The summed E-state index contributed by atoms with van der Waals surface area (Å²) in [5.74, 6) is -1.24. The van der Waals surface area contributed by atoms with Gasteiger partial charge in [0.15, 0.2) is 5.03 Å². The molecule has 0 aliphatic heterocycles. The van der Waals surface area contributed by atoms with Crippen LogP contribution in [0.3, 0.4) is 0 Å². The largest absolute Gasteiger partial charge is 0.352 e. The number of nitrogens with zero attached hydrogens (tertiary/aromatic N) is 2. The molecule has 1 saturated carbocycles. The second-order valence-electron chi connectivity index (χ2n) is 7.29. The van der Waals surface area contributed by atoms with Crippen molar-refractivity contribution < 1.29 is 21.6 Å². The van der Waals surface area contributed by atoms with E-state index in [-0.39, 0.29) is 16.0 Å². The molecule has 1 N–H and O–H groups in total. The number of rotatable bonds is 8. The summed E-state index contributed by atoms with van der Waals surface area (Å²) in [5, 5.41) is 2.53. The number of sulfonamides is 1. The second-order valence-corrected chi connectivity index (χ2v) is 11.2. The summed E-state index contributed by atoms with van der Waals surface area (Å²) in [7, 11) is -7.67. The molecule has 0 radical (unpaired) electrons. The average molecular weight is 446 g/mol. The van der Waals surface area contributed by atoms with Crippen molar-refractivity contribution >= 4 is 25.8 Å². The summed E-state index contributed by atoms with van der Waals surface area (Å²) >= 11 is 0. The number of aromatic nitrogens is 1. The summed E-state index contributed by atoms with van der Waals surface area (Å²) < 4.78 is 51.3. The van der Waals surface area contributed by atoms with E-state index in [1.54, 1.807) is 13.8 Å². The minimum Gasteiger partial charge on any atom is -0.352 e. The Kier molecular flexibility index (Phi) is 8.59. The predicted molar refractivity (Wildman–Crippen MR) is 111 cm³/mol. The summed E-state index contributed by atoms with van der Waals surface area (Å²) in [4.78, 5) is 16.0. The van der Waals surface area contributed by atoms with Crippen LogP contribution >= 0.6 is 0 Å². The van der Waals surface area contributed by atoms with Crippen LogP contribution in [0.15, 0.2) is 28.3 Å². The molecule has 1 aromatic heterocycles. The molecule has 10 heteroatoms. The van der Waals surface area contributed by atoms with E-state index < -0.39 is 31.5 Å². The highest BCUT2D eigenvalue weighted by molar-refractivity contribution is 7.92. The number of nitrogens with one attached hydrogen (secondary N) is 1. The van der Waals surface area contributed by atoms with Crippen LogP contribution in [0.25, 0.3) is 0 Å². The van der Waals surface area contributed by atoms with Gasteiger partial charge in [0.1, 0.15) is 10.6 Å². The molecule has 1 aliphatic carbocycles. The highest BCUT2D eigenvalue weighted by Crippen LogP contribution is 2.18. The molecule has 0 bridgehead atoms. The Morgan fingerprint density at radius 2 is 1.62 bits per heavy atom. The normalized spacial score (nSPS) is 16.9. The van der Waals surface area contributed by atoms with Crippen LogP contribution in [0.1, 0.15) is 58.8 Å². The maximum absolute atomic E-state index is 12.5. The molecule has 1 amide bonds. The van der Waals surface area contributed by atoms with Crippen LogP contribution in [0.5, 0.6) is 0 Å². The lowest BCUT2D eigenvalue weighted by Crippen LogP contribution is -2.39. The van der Waals surface area contributed by atoms with Crippen molar-refractivity contribution in [3.05, 3.63) is 18.3 Å². The van der Waals surface area contributed by atoms with Crippen LogP contribution < -0.4 is 5.32 Å². The van der Waals surface area contributed by atoms with Gasteiger partial charge in [-0.2, -0.15) is 4.31 Å². The van der Waals surface area contributed by atoms with Crippen LogP contribution in [0.2, 0.25) is 0 Å². The lowest BCUT2D eigenvalue weighted by molar-refractivity contribution is -0.119. The molecule has 164 valence electrons. The highest BCUT2D eigenvalue weighted by Gasteiger charge is 2.26.